The standard InChI is InChI=1S/C17H15F3/c1-2-6-16(13-7-4-3-5-8-13)14-9-11-15(12-10-14)17(18,19)20/h2-5,7-12,16H,1,6H2. The minimum Gasteiger partial charge on any atom is -0.166 e. The molecule has 0 amide bonds. The molecule has 0 aliphatic rings. The molecule has 0 radical (unpaired) electrons. The molecule has 1 unspecified atom stereocenters. The number of alkyl halides is 3. The quantitative estimate of drug-likeness (QED) is 0.655. The van der Waals surface area contributed by atoms with Crippen LogP contribution in [0.5, 0.6) is 0 Å². The van der Waals surface area contributed by atoms with E-state index in [2.05, 4.69) is 6.58 Å². The van der Waals surface area contributed by atoms with E-state index in [0.29, 0.717) is 6.42 Å². The molecule has 0 nitrogen and oxygen atoms in total. The van der Waals surface area contributed by atoms with Crippen LogP contribution in [-0.4, -0.2) is 0 Å². The molecule has 1 atom stereocenters. The van der Waals surface area contributed by atoms with E-state index in [0.717, 1.165) is 23.3 Å². The molecule has 0 bridgehead atoms. The molecule has 104 valence electrons. The van der Waals surface area contributed by atoms with Gasteiger partial charge in [0.1, 0.15) is 0 Å². The fraction of sp³-hybridized carbons (Fsp3) is 0.176. The molecular weight excluding hydrogens is 261 g/mol. The maximum atomic E-state index is 12.6. The Balaban J connectivity index is 2.33. The summed E-state index contributed by atoms with van der Waals surface area (Å²) in [6.07, 6.45) is -1.82. The summed E-state index contributed by atoms with van der Waals surface area (Å²) in [6, 6.07) is 15.1. The second kappa shape index (κ2) is 5.95. The van der Waals surface area contributed by atoms with Gasteiger partial charge in [0.25, 0.3) is 0 Å². The molecule has 0 saturated heterocycles. The van der Waals surface area contributed by atoms with E-state index in [9.17, 15) is 13.2 Å². The average molecular weight is 276 g/mol. The Morgan fingerprint density at radius 2 is 1.45 bits per heavy atom. The van der Waals surface area contributed by atoms with E-state index >= 15 is 0 Å². The fourth-order valence-corrected chi connectivity index (χ4v) is 2.22. The highest BCUT2D eigenvalue weighted by Gasteiger charge is 2.30. The summed E-state index contributed by atoms with van der Waals surface area (Å²) in [7, 11) is 0. The molecule has 0 aromatic heterocycles. The molecule has 0 N–H and O–H groups in total. The Morgan fingerprint density at radius 3 is 1.95 bits per heavy atom. The summed E-state index contributed by atoms with van der Waals surface area (Å²) < 4.78 is 37.7. The molecular formula is C17H15F3. The Bertz CT molecular complexity index is 553. The van der Waals surface area contributed by atoms with Gasteiger partial charge in [0.05, 0.1) is 5.56 Å². The van der Waals surface area contributed by atoms with Crippen LogP contribution in [0.4, 0.5) is 13.2 Å². The highest BCUT2D eigenvalue weighted by molar-refractivity contribution is 5.35. The number of hydrogen-bond acceptors (Lipinski definition) is 0. The van der Waals surface area contributed by atoms with Gasteiger partial charge in [-0.3, -0.25) is 0 Å². The van der Waals surface area contributed by atoms with Gasteiger partial charge in [0.15, 0.2) is 0 Å². The van der Waals surface area contributed by atoms with Gasteiger partial charge in [-0.2, -0.15) is 13.2 Å². The van der Waals surface area contributed by atoms with Gasteiger partial charge < -0.3 is 0 Å². The van der Waals surface area contributed by atoms with Crippen molar-refractivity contribution in [3.63, 3.8) is 0 Å². The second-order valence-electron chi connectivity index (χ2n) is 4.61. The van der Waals surface area contributed by atoms with Crippen LogP contribution in [0.25, 0.3) is 0 Å². The SMILES string of the molecule is C=CCC(c1ccccc1)c1ccc(C(F)(F)F)cc1. The van der Waals surface area contributed by atoms with Crippen LogP contribution in [0.3, 0.4) is 0 Å². The highest BCUT2D eigenvalue weighted by atomic mass is 19.4. The first-order chi connectivity index (χ1) is 9.52. The third-order valence-corrected chi connectivity index (χ3v) is 3.24. The Kier molecular flexibility index (Phi) is 4.28. The molecule has 0 spiro atoms. The van der Waals surface area contributed by atoms with Crippen molar-refractivity contribution < 1.29 is 13.2 Å². The molecule has 0 aliphatic heterocycles. The van der Waals surface area contributed by atoms with Gasteiger partial charge >= 0.3 is 6.18 Å². The van der Waals surface area contributed by atoms with Gasteiger partial charge in [-0.05, 0) is 29.7 Å². The van der Waals surface area contributed by atoms with Crippen LogP contribution < -0.4 is 0 Å². The van der Waals surface area contributed by atoms with Crippen LogP contribution in [0.1, 0.15) is 29.0 Å². The van der Waals surface area contributed by atoms with E-state index in [1.54, 1.807) is 18.2 Å². The predicted molar refractivity (Wildman–Crippen MR) is 74.5 cm³/mol. The van der Waals surface area contributed by atoms with Crippen molar-refractivity contribution >= 4 is 0 Å². The van der Waals surface area contributed by atoms with Gasteiger partial charge in [-0.1, -0.05) is 48.5 Å². The van der Waals surface area contributed by atoms with Crippen molar-refractivity contribution in [2.24, 2.45) is 0 Å². The third-order valence-electron chi connectivity index (χ3n) is 3.24. The number of allylic oxidation sites excluding steroid dienone is 1. The maximum absolute atomic E-state index is 12.6. The summed E-state index contributed by atoms with van der Waals surface area (Å²) in [5.74, 6) is 0.0379. The van der Waals surface area contributed by atoms with Crippen molar-refractivity contribution in [1.29, 1.82) is 0 Å². The fourth-order valence-electron chi connectivity index (χ4n) is 2.22. The topological polar surface area (TPSA) is 0 Å². The van der Waals surface area contributed by atoms with Gasteiger partial charge in [0.2, 0.25) is 0 Å². The Hall–Kier alpha value is -2.03. The van der Waals surface area contributed by atoms with Crippen LogP contribution in [0, 0.1) is 0 Å². The largest absolute Gasteiger partial charge is 0.416 e. The molecule has 0 saturated carbocycles. The van der Waals surface area contributed by atoms with E-state index < -0.39 is 11.7 Å². The van der Waals surface area contributed by atoms with Crippen LogP contribution in [0.15, 0.2) is 67.3 Å². The summed E-state index contributed by atoms with van der Waals surface area (Å²) >= 11 is 0. The van der Waals surface area contributed by atoms with Crippen molar-refractivity contribution in [3.05, 3.63) is 83.9 Å². The van der Waals surface area contributed by atoms with Crippen molar-refractivity contribution in [2.75, 3.05) is 0 Å². The smallest absolute Gasteiger partial charge is 0.166 e. The van der Waals surface area contributed by atoms with Crippen molar-refractivity contribution in [3.8, 4) is 0 Å². The lowest BCUT2D eigenvalue weighted by atomic mass is 9.88. The molecule has 2 rings (SSSR count). The van der Waals surface area contributed by atoms with Crippen molar-refractivity contribution in [2.45, 2.75) is 18.5 Å². The molecule has 0 fully saturated rings. The minimum absolute atomic E-state index is 0.0379. The summed E-state index contributed by atoms with van der Waals surface area (Å²) in [5.41, 5.74) is 1.32. The molecule has 2 aromatic carbocycles. The summed E-state index contributed by atoms with van der Waals surface area (Å²) in [4.78, 5) is 0. The lowest BCUT2D eigenvalue weighted by molar-refractivity contribution is -0.137. The molecule has 20 heavy (non-hydrogen) atoms. The first-order valence-corrected chi connectivity index (χ1v) is 6.35. The summed E-state index contributed by atoms with van der Waals surface area (Å²) in [6.45, 7) is 3.73. The van der Waals surface area contributed by atoms with E-state index in [1.165, 1.54) is 0 Å². The first-order valence-electron chi connectivity index (χ1n) is 6.35. The number of halogens is 3. The van der Waals surface area contributed by atoms with Gasteiger partial charge in [-0.25, -0.2) is 0 Å². The lowest BCUT2D eigenvalue weighted by Gasteiger charge is -2.17. The van der Waals surface area contributed by atoms with Gasteiger partial charge in [0, 0.05) is 5.92 Å². The third kappa shape index (κ3) is 3.29. The number of benzene rings is 2. The lowest BCUT2D eigenvalue weighted by Crippen LogP contribution is -2.06. The van der Waals surface area contributed by atoms with Crippen molar-refractivity contribution in [1.82, 2.24) is 0 Å². The molecule has 2 aromatic rings. The second-order valence-corrected chi connectivity index (χ2v) is 4.61. The zero-order chi connectivity index (χ0) is 14.6. The Labute approximate surface area is 116 Å². The van der Waals surface area contributed by atoms with E-state index in [4.69, 9.17) is 0 Å². The normalized spacial score (nSPS) is 12.9. The van der Waals surface area contributed by atoms with Crippen LogP contribution in [0.2, 0.25) is 0 Å². The zero-order valence-corrected chi connectivity index (χ0v) is 10.9. The average Bonchev–Trinajstić information content (AvgIpc) is 2.45. The van der Waals surface area contributed by atoms with Crippen LogP contribution >= 0.6 is 0 Å². The highest BCUT2D eigenvalue weighted by Crippen LogP contribution is 2.33. The first kappa shape index (κ1) is 14.4. The minimum atomic E-state index is -4.29. The molecule has 0 aliphatic carbocycles. The monoisotopic (exact) mass is 276 g/mol. The van der Waals surface area contributed by atoms with Crippen LogP contribution in [-0.2, 0) is 6.18 Å². The summed E-state index contributed by atoms with van der Waals surface area (Å²) in [5, 5.41) is 0. The maximum Gasteiger partial charge on any atom is 0.416 e. The Morgan fingerprint density at radius 1 is 0.900 bits per heavy atom. The number of hydrogen-bond donors (Lipinski definition) is 0. The predicted octanol–water partition coefficient (Wildman–Crippen LogP) is 5.41. The van der Waals surface area contributed by atoms with E-state index in [-0.39, 0.29) is 5.92 Å². The molecule has 0 heterocycles. The number of rotatable bonds is 4. The van der Waals surface area contributed by atoms with Gasteiger partial charge in [-0.15, -0.1) is 6.58 Å². The van der Waals surface area contributed by atoms with E-state index in [1.807, 2.05) is 30.3 Å². The zero-order valence-electron chi connectivity index (χ0n) is 10.9. The molecule has 3 heteroatoms.